The van der Waals surface area contributed by atoms with Gasteiger partial charge in [-0.15, -0.1) is 0 Å². The maximum absolute atomic E-state index is 13.4. The van der Waals surface area contributed by atoms with Crippen LogP contribution in [0, 0.1) is 5.92 Å². The number of pyridine rings is 1. The van der Waals surface area contributed by atoms with E-state index in [1.54, 1.807) is 6.20 Å². The van der Waals surface area contributed by atoms with Crippen LogP contribution in [0.2, 0.25) is 0 Å². The van der Waals surface area contributed by atoms with Crippen molar-refractivity contribution in [1.82, 2.24) is 24.3 Å². The fourth-order valence-electron chi connectivity index (χ4n) is 4.08. The fraction of sp³-hybridized carbons (Fsp3) is 0.550. The zero-order valence-corrected chi connectivity index (χ0v) is 15.6. The molecule has 0 N–H and O–H groups in total. The molecule has 7 heteroatoms. The molecular weight excluding hydrogens is 342 g/mol. The van der Waals surface area contributed by atoms with E-state index in [1.165, 1.54) is 0 Å². The van der Waals surface area contributed by atoms with Gasteiger partial charge in [-0.3, -0.25) is 14.7 Å². The minimum absolute atomic E-state index is 0.200. The van der Waals surface area contributed by atoms with Crippen molar-refractivity contribution in [2.24, 2.45) is 5.92 Å². The predicted octanol–water partition coefficient (Wildman–Crippen LogP) is 1.59. The summed E-state index contributed by atoms with van der Waals surface area (Å²) in [6.45, 7) is 5.54. The van der Waals surface area contributed by atoms with Crippen LogP contribution in [0.25, 0.3) is 0 Å². The maximum Gasteiger partial charge on any atom is 0.244 e. The van der Waals surface area contributed by atoms with Crippen LogP contribution < -0.4 is 0 Å². The molecule has 1 atom stereocenters. The molecule has 4 rings (SSSR count). The fourth-order valence-corrected chi connectivity index (χ4v) is 4.08. The zero-order chi connectivity index (χ0) is 18.5. The first kappa shape index (κ1) is 18.1. The monoisotopic (exact) mass is 369 g/mol. The summed E-state index contributed by atoms with van der Waals surface area (Å²) in [5.41, 5.74) is 0.977. The molecule has 0 saturated carbocycles. The Morgan fingerprint density at radius 1 is 1.15 bits per heavy atom. The van der Waals surface area contributed by atoms with Crippen molar-refractivity contribution < 1.29 is 9.53 Å². The molecule has 2 fully saturated rings. The number of rotatable bonds is 5. The molecule has 1 unspecified atom stereocenters. The van der Waals surface area contributed by atoms with Gasteiger partial charge in [0, 0.05) is 57.5 Å². The molecule has 2 aliphatic heterocycles. The van der Waals surface area contributed by atoms with Crippen LogP contribution >= 0.6 is 0 Å². The third kappa shape index (κ3) is 4.36. The van der Waals surface area contributed by atoms with Crippen LogP contribution in [0.3, 0.4) is 0 Å². The van der Waals surface area contributed by atoms with Gasteiger partial charge in [0.2, 0.25) is 5.91 Å². The van der Waals surface area contributed by atoms with Gasteiger partial charge in [-0.25, -0.2) is 4.98 Å². The second kappa shape index (κ2) is 8.63. The maximum atomic E-state index is 13.4. The van der Waals surface area contributed by atoms with Gasteiger partial charge >= 0.3 is 0 Å². The highest BCUT2D eigenvalue weighted by molar-refractivity contribution is 5.83. The molecular formula is C20H27N5O2. The minimum Gasteiger partial charge on any atom is -0.379 e. The number of morpholine rings is 1. The summed E-state index contributed by atoms with van der Waals surface area (Å²) >= 11 is 0. The average molecular weight is 369 g/mol. The Morgan fingerprint density at radius 3 is 2.63 bits per heavy atom. The smallest absolute Gasteiger partial charge is 0.244 e. The van der Waals surface area contributed by atoms with Gasteiger partial charge in [0.1, 0.15) is 6.04 Å². The second-order valence-corrected chi connectivity index (χ2v) is 7.37. The average Bonchev–Trinajstić information content (AvgIpc) is 3.23. The molecule has 0 radical (unpaired) electrons. The van der Waals surface area contributed by atoms with Crippen LogP contribution in [0.1, 0.15) is 24.4 Å². The van der Waals surface area contributed by atoms with E-state index in [0.717, 1.165) is 51.1 Å². The molecule has 2 aromatic rings. The van der Waals surface area contributed by atoms with E-state index in [2.05, 4.69) is 19.4 Å². The third-order valence-corrected chi connectivity index (χ3v) is 5.60. The highest BCUT2D eigenvalue weighted by atomic mass is 16.5. The summed E-state index contributed by atoms with van der Waals surface area (Å²) in [6.07, 6.45) is 11.3. The van der Waals surface area contributed by atoms with Gasteiger partial charge < -0.3 is 14.2 Å². The Balaban J connectivity index is 1.42. The molecule has 0 aromatic carbocycles. The van der Waals surface area contributed by atoms with Crippen LogP contribution in [0.5, 0.6) is 0 Å². The van der Waals surface area contributed by atoms with E-state index in [9.17, 15) is 4.79 Å². The first-order chi connectivity index (χ1) is 13.3. The van der Waals surface area contributed by atoms with Crippen LogP contribution in [-0.2, 0) is 16.1 Å². The molecule has 27 heavy (non-hydrogen) atoms. The first-order valence-electron chi connectivity index (χ1n) is 9.77. The van der Waals surface area contributed by atoms with Gasteiger partial charge in [0.25, 0.3) is 0 Å². The van der Waals surface area contributed by atoms with Crippen molar-refractivity contribution in [2.75, 3.05) is 39.4 Å². The summed E-state index contributed by atoms with van der Waals surface area (Å²) in [5, 5.41) is 0. The van der Waals surface area contributed by atoms with E-state index >= 15 is 0 Å². The lowest BCUT2D eigenvalue weighted by atomic mass is 9.95. The van der Waals surface area contributed by atoms with Crippen LogP contribution in [0.15, 0.2) is 43.2 Å². The summed E-state index contributed by atoms with van der Waals surface area (Å²) in [5.74, 6) is 0.800. The quantitative estimate of drug-likeness (QED) is 0.801. The number of likely N-dealkylation sites (tertiary alicyclic amines) is 1. The van der Waals surface area contributed by atoms with Crippen LogP contribution in [-0.4, -0.2) is 69.6 Å². The number of nitrogens with zero attached hydrogens (tertiary/aromatic N) is 5. The molecule has 7 nitrogen and oxygen atoms in total. The van der Waals surface area contributed by atoms with Gasteiger partial charge in [-0.1, -0.05) is 6.07 Å². The Morgan fingerprint density at radius 2 is 1.96 bits per heavy atom. The Hall–Kier alpha value is -2.25. The number of piperidine rings is 1. The summed E-state index contributed by atoms with van der Waals surface area (Å²) in [7, 11) is 0. The number of amides is 1. The molecule has 1 amide bonds. The Labute approximate surface area is 160 Å². The summed E-state index contributed by atoms with van der Waals surface area (Å²) in [4.78, 5) is 26.1. The zero-order valence-electron chi connectivity index (χ0n) is 15.6. The molecule has 4 heterocycles. The van der Waals surface area contributed by atoms with Crippen molar-refractivity contribution in [3.8, 4) is 0 Å². The summed E-state index contributed by atoms with van der Waals surface area (Å²) in [6, 6.07) is 3.66. The number of aromatic nitrogens is 3. The number of hydrogen-bond donors (Lipinski definition) is 0. The van der Waals surface area contributed by atoms with Crippen molar-refractivity contribution in [3.05, 3.63) is 48.8 Å². The lowest BCUT2D eigenvalue weighted by Crippen LogP contribution is -2.49. The summed E-state index contributed by atoms with van der Waals surface area (Å²) < 4.78 is 7.62. The van der Waals surface area contributed by atoms with Gasteiger partial charge in [0.15, 0.2) is 0 Å². The lowest BCUT2D eigenvalue weighted by Gasteiger charge is -2.39. The molecule has 2 aromatic heterocycles. The SMILES string of the molecule is O=C(C(c1cccnc1)N1CCOCC1)N1CCC(Cn2ccnc2)CC1. The minimum atomic E-state index is -0.257. The van der Waals surface area contributed by atoms with E-state index in [1.807, 2.05) is 42.0 Å². The van der Waals surface area contributed by atoms with Gasteiger partial charge in [0.05, 0.1) is 19.5 Å². The van der Waals surface area contributed by atoms with E-state index in [0.29, 0.717) is 19.1 Å². The van der Waals surface area contributed by atoms with Crippen molar-refractivity contribution >= 4 is 5.91 Å². The molecule has 2 saturated heterocycles. The molecule has 0 spiro atoms. The van der Waals surface area contributed by atoms with Gasteiger partial charge in [-0.05, 0) is 30.4 Å². The van der Waals surface area contributed by atoms with Gasteiger partial charge in [-0.2, -0.15) is 0 Å². The second-order valence-electron chi connectivity index (χ2n) is 7.37. The number of imidazole rings is 1. The Bertz CT molecular complexity index is 707. The number of hydrogen-bond acceptors (Lipinski definition) is 5. The third-order valence-electron chi connectivity index (χ3n) is 5.60. The highest BCUT2D eigenvalue weighted by Crippen LogP contribution is 2.27. The molecule has 2 aliphatic rings. The highest BCUT2D eigenvalue weighted by Gasteiger charge is 2.34. The number of ether oxygens (including phenoxy) is 1. The molecule has 144 valence electrons. The largest absolute Gasteiger partial charge is 0.379 e. The van der Waals surface area contributed by atoms with Crippen molar-refractivity contribution in [1.29, 1.82) is 0 Å². The van der Waals surface area contributed by atoms with E-state index < -0.39 is 0 Å². The normalized spacial score (nSPS) is 20.5. The predicted molar refractivity (Wildman–Crippen MR) is 101 cm³/mol. The Kier molecular flexibility index (Phi) is 5.79. The lowest BCUT2D eigenvalue weighted by molar-refractivity contribution is -0.140. The molecule has 0 aliphatic carbocycles. The van der Waals surface area contributed by atoms with Crippen molar-refractivity contribution in [2.45, 2.75) is 25.4 Å². The van der Waals surface area contributed by atoms with E-state index in [-0.39, 0.29) is 11.9 Å². The topological polar surface area (TPSA) is 63.5 Å². The first-order valence-corrected chi connectivity index (χ1v) is 9.77. The van der Waals surface area contributed by atoms with E-state index in [4.69, 9.17) is 4.74 Å². The number of carbonyl (C=O) groups excluding carboxylic acids is 1. The molecule has 0 bridgehead atoms. The van der Waals surface area contributed by atoms with Crippen LogP contribution in [0.4, 0.5) is 0 Å². The number of carbonyl (C=O) groups is 1. The standard InChI is InChI=1S/C20H27N5O2/c26-20(25-7-3-17(4-8-25)15-23-9-6-22-16-23)19(18-2-1-5-21-14-18)24-10-12-27-13-11-24/h1-2,5-6,9,14,16-17,19H,3-4,7-8,10-13,15H2. The van der Waals surface area contributed by atoms with Crippen molar-refractivity contribution in [3.63, 3.8) is 0 Å².